The van der Waals surface area contributed by atoms with Gasteiger partial charge in [-0.2, -0.15) is 18.4 Å². The number of ether oxygens (including phenoxy) is 1. The Hall–Kier alpha value is -3.39. The molecule has 1 aliphatic heterocycles. The number of nitriles is 1. The number of rotatable bonds is 6. The summed E-state index contributed by atoms with van der Waals surface area (Å²) >= 11 is 0. The molecule has 176 valence electrons. The van der Waals surface area contributed by atoms with Crippen LogP contribution >= 0.6 is 0 Å². The highest BCUT2D eigenvalue weighted by Crippen LogP contribution is 2.37. The van der Waals surface area contributed by atoms with E-state index in [9.17, 15) is 28.3 Å². The Morgan fingerprint density at radius 2 is 2.15 bits per heavy atom. The number of piperidine rings is 1. The summed E-state index contributed by atoms with van der Waals surface area (Å²) in [6.07, 6.45) is -2.57. The van der Waals surface area contributed by atoms with Crippen LogP contribution in [-0.2, 0) is 15.7 Å². The number of likely N-dealkylation sites (tertiary alicyclic amines) is 1. The van der Waals surface area contributed by atoms with Gasteiger partial charge >= 0.3 is 12.1 Å². The maximum absolute atomic E-state index is 12.9. The molecule has 2 aromatic rings. The van der Waals surface area contributed by atoms with E-state index in [1.165, 1.54) is 7.11 Å². The van der Waals surface area contributed by atoms with Crippen LogP contribution in [0.1, 0.15) is 36.0 Å². The van der Waals surface area contributed by atoms with Gasteiger partial charge in [0.15, 0.2) is 5.82 Å². The van der Waals surface area contributed by atoms with Crippen molar-refractivity contribution < 1.29 is 27.8 Å². The lowest BCUT2D eigenvalue weighted by molar-refractivity contribution is -0.141. The summed E-state index contributed by atoms with van der Waals surface area (Å²) in [5.74, 6) is -0.606. The Labute approximate surface area is 189 Å². The summed E-state index contributed by atoms with van der Waals surface area (Å²) in [7, 11) is 1.35. The molecular weight excluding hydrogens is 439 g/mol. The number of methoxy groups -OCH3 is 1. The van der Waals surface area contributed by atoms with Gasteiger partial charge in [-0.25, -0.2) is 0 Å². The minimum Gasteiger partial charge on any atom is -0.507 e. The van der Waals surface area contributed by atoms with Gasteiger partial charge in [-0.3, -0.25) is 4.79 Å². The molecule has 1 aromatic carbocycles. The normalized spacial score (nSPS) is 16.8. The van der Waals surface area contributed by atoms with Crippen molar-refractivity contribution in [1.29, 1.82) is 5.26 Å². The number of carbonyl (C=O) groups excluding carboxylic acids is 1. The van der Waals surface area contributed by atoms with E-state index < -0.39 is 17.5 Å². The Bertz CT molecular complexity index is 1070. The average Bonchev–Trinajstić information content (AvgIpc) is 2.78. The van der Waals surface area contributed by atoms with Crippen molar-refractivity contribution in [3.05, 3.63) is 34.9 Å². The third-order valence-electron chi connectivity index (χ3n) is 5.62. The minimum atomic E-state index is -4.59. The first-order valence-electron chi connectivity index (χ1n) is 10.4. The molecule has 33 heavy (non-hydrogen) atoms. The van der Waals surface area contributed by atoms with Crippen molar-refractivity contribution in [3.63, 3.8) is 0 Å². The number of aromatic hydroxyl groups is 1. The summed E-state index contributed by atoms with van der Waals surface area (Å²) in [6.45, 7) is 3.66. The van der Waals surface area contributed by atoms with Crippen LogP contribution in [0.25, 0.3) is 11.3 Å². The number of aromatic nitrogens is 2. The minimum absolute atomic E-state index is 0.0254. The number of benzene rings is 1. The predicted molar refractivity (Wildman–Crippen MR) is 113 cm³/mol. The highest BCUT2D eigenvalue weighted by atomic mass is 19.4. The number of nitrogens with one attached hydrogen (secondary N) is 1. The lowest BCUT2D eigenvalue weighted by atomic mass is 10.0. The standard InChI is InChI=1S/C22H24F3N5O3/c1-13-17(11-26)21(27-15-4-3-8-30(12-15)9-7-19(32)33-2)29-28-20(13)16-6-5-14(10-18(16)31)22(23,24)25/h5-6,10,15,31H,3-4,7-9,12H2,1-2H3,(H,27,29)/t15-/m1/s1. The van der Waals surface area contributed by atoms with Crippen molar-refractivity contribution in [2.75, 3.05) is 32.1 Å². The van der Waals surface area contributed by atoms with Crippen LogP contribution in [0.2, 0.25) is 0 Å². The molecule has 1 atom stereocenters. The number of alkyl halides is 3. The lowest BCUT2D eigenvalue weighted by Gasteiger charge is -2.33. The number of esters is 1. The Morgan fingerprint density at radius 3 is 2.79 bits per heavy atom. The quantitative estimate of drug-likeness (QED) is 0.627. The van der Waals surface area contributed by atoms with Crippen LogP contribution < -0.4 is 5.32 Å². The smallest absolute Gasteiger partial charge is 0.416 e. The van der Waals surface area contributed by atoms with Gasteiger partial charge in [0.1, 0.15) is 23.1 Å². The molecule has 0 amide bonds. The molecule has 0 spiro atoms. The Balaban J connectivity index is 1.80. The Morgan fingerprint density at radius 1 is 1.39 bits per heavy atom. The molecule has 1 aliphatic rings. The van der Waals surface area contributed by atoms with Gasteiger partial charge in [-0.05, 0) is 50.1 Å². The fourth-order valence-corrected chi connectivity index (χ4v) is 3.84. The van der Waals surface area contributed by atoms with Gasteiger partial charge in [-0.15, -0.1) is 10.2 Å². The van der Waals surface area contributed by atoms with Crippen molar-refractivity contribution in [3.8, 4) is 23.1 Å². The first-order valence-corrected chi connectivity index (χ1v) is 10.4. The first kappa shape index (κ1) is 24.3. The summed E-state index contributed by atoms with van der Waals surface area (Å²) in [6, 6.07) is 4.64. The van der Waals surface area contributed by atoms with E-state index in [-0.39, 0.29) is 41.1 Å². The molecule has 1 fully saturated rings. The number of phenols is 1. The van der Waals surface area contributed by atoms with E-state index in [0.29, 0.717) is 24.7 Å². The topological polar surface area (TPSA) is 111 Å². The molecule has 0 saturated carbocycles. The van der Waals surface area contributed by atoms with Gasteiger partial charge in [0.2, 0.25) is 0 Å². The molecule has 3 rings (SSSR count). The van der Waals surface area contributed by atoms with E-state index in [1.54, 1.807) is 6.92 Å². The summed E-state index contributed by atoms with van der Waals surface area (Å²) in [4.78, 5) is 13.5. The van der Waals surface area contributed by atoms with E-state index in [4.69, 9.17) is 0 Å². The number of hydrogen-bond donors (Lipinski definition) is 2. The highest BCUT2D eigenvalue weighted by molar-refractivity contribution is 5.74. The zero-order valence-electron chi connectivity index (χ0n) is 18.2. The molecule has 0 radical (unpaired) electrons. The van der Waals surface area contributed by atoms with E-state index in [1.807, 2.05) is 0 Å². The third-order valence-corrected chi connectivity index (χ3v) is 5.62. The van der Waals surface area contributed by atoms with Crippen molar-refractivity contribution in [1.82, 2.24) is 15.1 Å². The van der Waals surface area contributed by atoms with Crippen molar-refractivity contribution >= 4 is 11.8 Å². The second-order valence-corrected chi connectivity index (χ2v) is 7.85. The lowest BCUT2D eigenvalue weighted by Crippen LogP contribution is -2.43. The van der Waals surface area contributed by atoms with Gasteiger partial charge < -0.3 is 20.1 Å². The Kier molecular flexibility index (Phi) is 7.38. The number of halogens is 3. The van der Waals surface area contributed by atoms with Crippen LogP contribution in [0.15, 0.2) is 18.2 Å². The summed E-state index contributed by atoms with van der Waals surface area (Å²) < 4.78 is 43.4. The molecule has 0 aliphatic carbocycles. The van der Waals surface area contributed by atoms with E-state index >= 15 is 0 Å². The molecule has 2 heterocycles. The van der Waals surface area contributed by atoms with Crippen LogP contribution in [-0.4, -0.2) is 59.0 Å². The van der Waals surface area contributed by atoms with Crippen LogP contribution in [0, 0.1) is 18.3 Å². The molecule has 8 nitrogen and oxygen atoms in total. The average molecular weight is 463 g/mol. The molecule has 0 bridgehead atoms. The predicted octanol–water partition coefficient (Wildman–Crippen LogP) is 3.49. The van der Waals surface area contributed by atoms with Gasteiger partial charge in [-0.1, -0.05) is 0 Å². The second-order valence-electron chi connectivity index (χ2n) is 7.85. The molecule has 2 N–H and O–H groups in total. The fourth-order valence-electron chi connectivity index (χ4n) is 3.84. The summed E-state index contributed by atoms with van der Waals surface area (Å²) in [5.41, 5.74) is -0.203. The van der Waals surface area contributed by atoms with Crippen molar-refractivity contribution in [2.24, 2.45) is 0 Å². The number of carbonyl (C=O) groups is 1. The van der Waals surface area contributed by atoms with Gasteiger partial charge in [0, 0.05) is 24.7 Å². The third kappa shape index (κ3) is 5.70. The van der Waals surface area contributed by atoms with Crippen LogP contribution in [0.5, 0.6) is 5.75 Å². The molecular formula is C22H24F3N5O3. The molecule has 11 heteroatoms. The van der Waals surface area contributed by atoms with Gasteiger partial charge in [0.05, 0.1) is 19.1 Å². The van der Waals surface area contributed by atoms with Crippen molar-refractivity contribution in [2.45, 2.75) is 38.4 Å². The summed E-state index contributed by atoms with van der Waals surface area (Å²) in [5, 5.41) is 31.3. The highest BCUT2D eigenvalue weighted by Gasteiger charge is 2.31. The van der Waals surface area contributed by atoms with Crippen LogP contribution in [0.3, 0.4) is 0 Å². The molecule has 0 unspecified atom stereocenters. The zero-order valence-corrected chi connectivity index (χ0v) is 18.2. The fraction of sp³-hybridized carbons (Fsp3) is 0.455. The monoisotopic (exact) mass is 463 g/mol. The maximum atomic E-state index is 12.9. The molecule has 1 saturated heterocycles. The zero-order chi connectivity index (χ0) is 24.2. The first-order chi connectivity index (χ1) is 15.6. The van der Waals surface area contributed by atoms with E-state index in [2.05, 4.69) is 31.2 Å². The molecule has 1 aromatic heterocycles. The number of hydrogen-bond acceptors (Lipinski definition) is 8. The van der Waals surface area contributed by atoms with Gasteiger partial charge in [0.25, 0.3) is 0 Å². The maximum Gasteiger partial charge on any atom is 0.416 e. The van der Waals surface area contributed by atoms with Crippen LogP contribution in [0.4, 0.5) is 19.0 Å². The second kappa shape index (κ2) is 10.0. The largest absolute Gasteiger partial charge is 0.507 e. The number of anilines is 1. The van der Waals surface area contributed by atoms with E-state index in [0.717, 1.165) is 31.5 Å². The number of phenolic OH excluding ortho intramolecular Hbond substituents is 1. The number of nitrogens with zero attached hydrogens (tertiary/aromatic N) is 4. The SMILES string of the molecule is COC(=O)CCN1CCC[C@@H](Nc2nnc(-c3ccc(C(F)(F)F)cc3O)c(C)c2C#N)C1.